The summed E-state index contributed by atoms with van der Waals surface area (Å²) in [7, 11) is 2.58. The van der Waals surface area contributed by atoms with Gasteiger partial charge in [0.05, 0.1) is 13.5 Å². The number of amides is 7. The van der Waals surface area contributed by atoms with Crippen molar-refractivity contribution in [2.24, 2.45) is 23.7 Å². The van der Waals surface area contributed by atoms with Crippen molar-refractivity contribution in [1.82, 2.24) is 36.8 Å². The highest BCUT2D eigenvalue weighted by molar-refractivity contribution is 5.98. The van der Waals surface area contributed by atoms with Crippen LogP contribution in [0.1, 0.15) is 108 Å². The molecule has 0 aromatic heterocycles. The van der Waals surface area contributed by atoms with Crippen LogP contribution in [-0.4, -0.2) is 115 Å². The standard InChI is InChI=1S/C38H67N7O10/c1-20(2)17-24(31(47)39-12)41-35(51)29(22(5)6)43-33(49)26(19-28(46)54-13)40-34(50)27-15-14-16-45(27)36(52)30(23(7)8)44-32(48)25(18-21(3)4)42-37(53)55-38(9,10)11/h20-27,29-30H,14-19H2,1-13H3,(H,39,47)(H,40,50)(H,41,51)(H,42,53)(H,43,49)(H,44,48)/t24-,25-,26+,27-,29+,30+/m0/s1. The summed E-state index contributed by atoms with van der Waals surface area (Å²) in [6.45, 7) is 19.7. The summed E-state index contributed by atoms with van der Waals surface area (Å²) >= 11 is 0. The summed E-state index contributed by atoms with van der Waals surface area (Å²) in [6, 6.07) is -6.57. The molecular formula is C38H67N7O10. The van der Waals surface area contributed by atoms with Crippen LogP contribution < -0.4 is 31.9 Å². The van der Waals surface area contributed by atoms with Gasteiger partial charge in [-0.15, -0.1) is 0 Å². The number of hydrogen-bond donors (Lipinski definition) is 6. The minimum Gasteiger partial charge on any atom is -0.469 e. The Morgan fingerprint density at radius 2 is 1.18 bits per heavy atom. The number of rotatable bonds is 19. The lowest BCUT2D eigenvalue weighted by Gasteiger charge is -2.32. The van der Waals surface area contributed by atoms with Crippen molar-refractivity contribution in [1.29, 1.82) is 0 Å². The second-order valence-corrected chi connectivity index (χ2v) is 16.6. The molecule has 1 aliphatic heterocycles. The van der Waals surface area contributed by atoms with Gasteiger partial charge in [-0.2, -0.15) is 0 Å². The highest BCUT2D eigenvalue weighted by Crippen LogP contribution is 2.22. The van der Waals surface area contributed by atoms with Crippen molar-refractivity contribution in [3.63, 3.8) is 0 Å². The normalized spacial score (nSPS) is 17.1. The SMILES string of the molecule is CNC(=O)[C@H](CC(C)C)NC(=O)[C@H](NC(=O)[C@@H](CC(=O)OC)NC(=O)[C@@H]1CCCN1C(=O)[C@H](NC(=O)[C@H](CC(C)C)NC(=O)OC(C)(C)C)C(C)C)C(C)C. The van der Waals surface area contributed by atoms with Crippen molar-refractivity contribution in [3.05, 3.63) is 0 Å². The Labute approximate surface area is 326 Å². The van der Waals surface area contributed by atoms with Crippen molar-refractivity contribution < 1.29 is 47.8 Å². The van der Waals surface area contributed by atoms with Crippen molar-refractivity contribution >= 4 is 47.5 Å². The Bertz CT molecular complexity index is 1360. The molecule has 1 saturated heterocycles. The highest BCUT2D eigenvalue weighted by Gasteiger charge is 2.41. The average molecular weight is 782 g/mol. The summed E-state index contributed by atoms with van der Waals surface area (Å²) < 4.78 is 10.1. The highest BCUT2D eigenvalue weighted by atomic mass is 16.6. The number of methoxy groups -OCH3 is 1. The van der Waals surface area contributed by atoms with E-state index in [9.17, 15) is 38.4 Å². The van der Waals surface area contributed by atoms with Gasteiger partial charge in [-0.3, -0.25) is 33.6 Å². The molecule has 1 fully saturated rings. The molecule has 7 amide bonds. The number of nitrogens with zero attached hydrogens (tertiary/aromatic N) is 1. The molecule has 6 N–H and O–H groups in total. The Morgan fingerprint density at radius 3 is 1.65 bits per heavy atom. The van der Waals surface area contributed by atoms with Gasteiger partial charge in [0.15, 0.2) is 0 Å². The van der Waals surface area contributed by atoms with Gasteiger partial charge in [0.25, 0.3) is 0 Å². The van der Waals surface area contributed by atoms with Crippen LogP contribution in [0.5, 0.6) is 0 Å². The summed E-state index contributed by atoms with van der Waals surface area (Å²) in [5.41, 5.74) is -0.795. The molecule has 55 heavy (non-hydrogen) atoms. The molecule has 17 heteroatoms. The molecule has 17 nitrogen and oxygen atoms in total. The zero-order valence-electron chi connectivity index (χ0n) is 35.0. The number of likely N-dealkylation sites (N-methyl/N-ethyl adjacent to an activating group) is 1. The van der Waals surface area contributed by atoms with Gasteiger partial charge in [0.1, 0.15) is 41.9 Å². The van der Waals surface area contributed by atoms with Gasteiger partial charge in [-0.25, -0.2) is 4.79 Å². The number of carbonyl (C=O) groups is 8. The van der Waals surface area contributed by atoms with Gasteiger partial charge < -0.3 is 46.3 Å². The lowest BCUT2D eigenvalue weighted by Crippen LogP contribution is -2.61. The number of carbonyl (C=O) groups excluding carboxylic acids is 8. The van der Waals surface area contributed by atoms with Crippen LogP contribution in [0.15, 0.2) is 0 Å². The van der Waals surface area contributed by atoms with Crippen LogP contribution in [0.3, 0.4) is 0 Å². The summed E-state index contributed by atoms with van der Waals surface area (Å²) in [4.78, 5) is 107. The molecule has 1 heterocycles. The van der Waals surface area contributed by atoms with Gasteiger partial charge in [0, 0.05) is 13.6 Å². The molecule has 0 bridgehead atoms. The topological polar surface area (TPSA) is 230 Å². The van der Waals surface area contributed by atoms with Crippen LogP contribution in [0.2, 0.25) is 0 Å². The van der Waals surface area contributed by atoms with Crippen molar-refractivity contribution in [2.75, 3.05) is 20.7 Å². The molecule has 1 rings (SSSR count). The van der Waals surface area contributed by atoms with E-state index >= 15 is 0 Å². The lowest BCUT2D eigenvalue weighted by molar-refractivity contribution is -0.146. The van der Waals surface area contributed by atoms with Gasteiger partial charge in [-0.1, -0.05) is 55.4 Å². The Kier molecular flexibility index (Phi) is 19.6. The Hall–Kier alpha value is -4.44. The first-order valence-corrected chi connectivity index (χ1v) is 19.2. The molecule has 6 atom stereocenters. The Morgan fingerprint density at radius 1 is 0.673 bits per heavy atom. The molecule has 314 valence electrons. The second-order valence-electron chi connectivity index (χ2n) is 16.6. The van der Waals surface area contributed by atoms with Gasteiger partial charge >= 0.3 is 12.1 Å². The molecule has 0 saturated carbocycles. The zero-order chi connectivity index (χ0) is 42.4. The van der Waals surface area contributed by atoms with E-state index in [0.29, 0.717) is 12.8 Å². The third-order valence-corrected chi connectivity index (χ3v) is 8.85. The van der Waals surface area contributed by atoms with E-state index in [1.54, 1.807) is 48.5 Å². The lowest BCUT2D eigenvalue weighted by atomic mass is 9.99. The first-order valence-electron chi connectivity index (χ1n) is 19.2. The third-order valence-electron chi connectivity index (χ3n) is 8.85. The van der Waals surface area contributed by atoms with Crippen molar-refractivity contribution in [3.8, 4) is 0 Å². The van der Waals surface area contributed by atoms with E-state index in [1.165, 1.54) is 11.9 Å². The largest absolute Gasteiger partial charge is 0.469 e. The molecule has 0 aliphatic carbocycles. The zero-order valence-corrected chi connectivity index (χ0v) is 35.0. The monoisotopic (exact) mass is 781 g/mol. The maximum atomic E-state index is 14.0. The van der Waals surface area contributed by atoms with Crippen LogP contribution >= 0.6 is 0 Å². The van der Waals surface area contributed by atoms with Crippen molar-refractivity contribution in [2.45, 2.75) is 150 Å². The fourth-order valence-electron chi connectivity index (χ4n) is 6.06. The van der Waals surface area contributed by atoms with Crippen LogP contribution in [-0.2, 0) is 43.0 Å². The van der Waals surface area contributed by atoms with Crippen LogP contribution in [0.25, 0.3) is 0 Å². The quantitative estimate of drug-likeness (QED) is 0.104. The average Bonchev–Trinajstić information content (AvgIpc) is 3.56. The first kappa shape index (κ1) is 48.6. The molecule has 0 aromatic rings. The maximum Gasteiger partial charge on any atom is 0.408 e. The number of likely N-dealkylation sites (tertiary alicyclic amines) is 1. The predicted octanol–water partition coefficient (Wildman–Crippen LogP) is 1.52. The van der Waals surface area contributed by atoms with E-state index in [2.05, 4.69) is 31.9 Å². The summed E-state index contributed by atoms with van der Waals surface area (Å²) in [5, 5.41) is 15.8. The second kappa shape index (κ2) is 22.2. The fourth-order valence-corrected chi connectivity index (χ4v) is 6.06. The molecule has 0 radical (unpaired) electrons. The summed E-state index contributed by atoms with van der Waals surface area (Å²) in [5.74, 6) is -5.27. The van der Waals surface area contributed by atoms with E-state index in [0.717, 1.165) is 7.11 Å². The molecular weight excluding hydrogens is 714 g/mol. The van der Waals surface area contributed by atoms with E-state index in [-0.39, 0.29) is 31.2 Å². The number of ether oxygens (including phenoxy) is 2. The number of nitrogens with one attached hydrogen (secondary N) is 6. The fraction of sp³-hybridized carbons (Fsp3) is 0.789. The van der Waals surface area contributed by atoms with Gasteiger partial charge in [-0.05, 0) is 70.1 Å². The maximum absolute atomic E-state index is 14.0. The summed E-state index contributed by atoms with van der Waals surface area (Å²) in [6.07, 6.45) is -0.0269. The van der Waals surface area contributed by atoms with E-state index in [4.69, 9.17) is 9.47 Å². The molecule has 0 spiro atoms. The minimum absolute atomic E-state index is 0.00948. The number of esters is 1. The third kappa shape index (κ3) is 16.4. The predicted molar refractivity (Wildman–Crippen MR) is 205 cm³/mol. The smallest absolute Gasteiger partial charge is 0.408 e. The van der Waals surface area contributed by atoms with E-state index in [1.807, 2.05) is 27.7 Å². The Balaban J connectivity index is 3.26. The number of alkyl carbamates (subject to hydrolysis) is 1. The van der Waals surface area contributed by atoms with E-state index < -0.39 is 108 Å². The molecule has 0 aromatic carbocycles. The van der Waals surface area contributed by atoms with Gasteiger partial charge in [0.2, 0.25) is 35.4 Å². The molecule has 0 unspecified atom stereocenters. The molecule has 1 aliphatic rings. The number of hydrogen-bond acceptors (Lipinski definition) is 10. The first-order chi connectivity index (χ1) is 25.4. The van der Waals surface area contributed by atoms with Crippen LogP contribution in [0.4, 0.5) is 4.79 Å². The minimum atomic E-state index is -1.48. The van der Waals surface area contributed by atoms with Crippen LogP contribution in [0, 0.1) is 23.7 Å².